The molecule has 0 saturated carbocycles. The van der Waals surface area contributed by atoms with Crippen molar-refractivity contribution in [1.82, 2.24) is 15.1 Å². The number of rotatable bonds is 7. The quantitative estimate of drug-likeness (QED) is 0.276. The zero-order chi connectivity index (χ0) is 25.9. The molecule has 4 aromatic rings. The Hall–Kier alpha value is -3.14. The molecule has 10 heteroatoms. The predicted molar refractivity (Wildman–Crippen MR) is 146 cm³/mol. The van der Waals surface area contributed by atoms with Gasteiger partial charge in [0.1, 0.15) is 11.3 Å². The summed E-state index contributed by atoms with van der Waals surface area (Å²) in [4.78, 5) is 29.6. The largest absolute Gasteiger partial charge is 0.339 e. The summed E-state index contributed by atoms with van der Waals surface area (Å²) in [5.74, 6) is -1.52. The molecule has 0 aliphatic carbocycles. The highest BCUT2D eigenvalue weighted by molar-refractivity contribution is 7.15. The van der Waals surface area contributed by atoms with Crippen molar-refractivity contribution in [2.45, 2.75) is 25.7 Å². The Labute approximate surface area is 227 Å². The van der Waals surface area contributed by atoms with Gasteiger partial charge >= 0.3 is 0 Å². The van der Waals surface area contributed by atoms with Crippen LogP contribution in [0.4, 0.5) is 9.52 Å². The summed E-state index contributed by atoms with van der Waals surface area (Å²) >= 11 is 9.30. The van der Waals surface area contributed by atoms with Gasteiger partial charge in [0.15, 0.2) is 0 Å². The van der Waals surface area contributed by atoms with Crippen LogP contribution in [-0.2, 0) is 4.79 Å². The van der Waals surface area contributed by atoms with Crippen LogP contribution in [0.1, 0.15) is 46.5 Å². The van der Waals surface area contributed by atoms with Gasteiger partial charge < -0.3 is 10.2 Å². The first kappa shape index (κ1) is 25.5. The standard InChI is InChI=1S/C27H24ClFN4O2S2/c1-16(25(34)31-27-32-30-15-36-27)24(18-5-4-6-19(29)13-18)23-10-9-22(37-23)17-7-8-20(21(28)14-17)26(35)33-11-2-3-12-33/h4-10,13-16,24H,2-3,11-12H2,1H3,(H,31,32,34)/t16-,24-/m1/s1. The number of amides is 2. The van der Waals surface area contributed by atoms with Crippen molar-refractivity contribution in [2.24, 2.45) is 5.92 Å². The minimum absolute atomic E-state index is 0.0395. The Kier molecular flexibility index (Phi) is 7.64. The molecule has 1 saturated heterocycles. The second kappa shape index (κ2) is 11.1. The number of nitrogens with zero attached hydrogens (tertiary/aromatic N) is 3. The Balaban J connectivity index is 1.44. The first-order chi connectivity index (χ1) is 17.9. The fraction of sp³-hybridized carbons (Fsp3) is 0.259. The number of thiophene rings is 1. The van der Waals surface area contributed by atoms with E-state index in [0.29, 0.717) is 21.3 Å². The molecule has 1 aliphatic rings. The highest BCUT2D eigenvalue weighted by Crippen LogP contribution is 2.40. The second-order valence-corrected chi connectivity index (χ2v) is 11.3. The van der Waals surface area contributed by atoms with Crippen LogP contribution in [0.2, 0.25) is 5.02 Å². The molecular formula is C27H24ClFN4O2S2. The summed E-state index contributed by atoms with van der Waals surface area (Å²) in [6.45, 7) is 3.34. The summed E-state index contributed by atoms with van der Waals surface area (Å²) in [7, 11) is 0. The lowest BCUT2D eigenvalue weighted by Gasteiger charge is -2.22. The minimum atomic E-state index is -0.513. The van der Waals surface area contributed by atoms with Gasteiger partial charge in [-0.05, 0) is 60.4 Å². The molecule has 2 amide bonds. The molecule has 1 aliphatic heterocycles. The number of likely N-dealkylation sites (tertiary alicyclic amines) is 1. The van der Waals surface area contributed by atoms with Gasteiger partial charge in [0.25, 0.3) is 5.91 Å². The van der Waals surface area contributed by atoms with Gasteiger partial charge in [-0.2, -0.15) is 0 Å². The summed E-state index contributed by atoms with van der Waals surface area (Å²) in [5, 5.41) is 11.3. The van der Waals surface area contributed by atoms with Gasteiger partial charge in [0, 0.05) is 34.7 Å². The number of anilines is 1. The molecule has 0 unspecified atom stereocenters. The molecule has 1 fully saturated rings. The van der Waals surface area contributed by atoms with Crippen LogP contribution in [0.3, 0.4) is 0 Å². The zero-order valence-electron chi connectivity index (χ0n) is 20.0. The lowest BCUT2D eigenvalue weighted by Crippen LogP contribution is -2.27. The topological polar surface area (TPSA) is 75.2 Å². The second-order valence-electron chi connectivity index (χ2n) is 8.95. The number of halogens is 2. The van der Waals surface area contributed by atoms with Crippen LogP contribution in [0, 0.1) is 11.7 Å². The van der Waals surface area contributed by atoms with Crippen LogP contribution < -0.4 is 5.32 Å². The van der Waals surface area contributed by atoms with Crippen molar-refractivity contribution < 1.29 is 14.0 Å². The smallest absolute Gasteiger partial charge is 0.255 e. The molecule has 0 spiro atoms. The summed E-state index contributed by atoms with van der Waals surface area (Å²) < 4.78 is 14.2. The normalized spacial score (nSPS) is 14.9. The third-order valence-corrected chi connectivity index (χ3v) is 8.66. The predicted octanol–water partition coefficient (Wildman–Crippen LogP) is 6.70. The van der Waals surface area contributed by atoms with Crippen LogP contribution >= 0.6 is 34.3 Å². The lowest BCUT2D eigenvalue weighted by atomic mass is 9.85. The molecule has 0 radical (unpaired) electrons. The maximum atomic E-state index is 14.2. The highest BCUT2D eigenvalue weighted by atomic mass is 35.5. The average molecular weight is 555 g/mol. The van der Waals surface area contributed by atoms with Gasteiger partial charge in [-0.1, -0.05) is 48.1 Å². The Bertz CT molecular complexity index is 1420. The monoisotopic (exact) mass is 554 g/mol. The highest BCUT2D eigenvalue weighted by Gasteiger charge is 2.30. The third kappa shape index (κ3) is 5.58. The molecular weight excluding hydrogens is 531 g/mol. The zero-order valence-corrected chi connectivity index (χ0v) is 22.4. The Morgan fingerprint density at radius 3 is 2.62 bits per heavy atom. The molecule has 2 aromatic heterocycles. The fourth-order valence-electron chi connectivity index (χ4n) is 4.61. The molecule has 2 atom stereocenters. The first-order valence-electron chi connectivity index (χ1n) is 11.9. The van der Waals surface area contributed by atoms with Crippen molar-refractivity contribution >= 4 is 51.2 Å². The molecule has 5 rings (SSSR count). The number of hydrogen-bond donors (Lipinski definition) is 1. The molecule has 1 N–H and O–H groups in total. The van der Waals surface area contributed by atoms with E-state index in [1.54, 1.807) is 17.6 Å². The average Bonchev–Trinajstić information content (AvgIpc) is 3.67. The van der Waals surface area contributed by atoms with Gasteiger partial charge in [-0.25, -0.2) is 4.39 Å². The van der Waals surface area contributed by atoms with Gasteiger partial charge in [0.2, 0.25) is 11.0 Å². The van der Waals surface area contributed by atoms with Gasteiger partial charge in [-0.15, -0.1) is 21.5 Å². The van der Waals surface area contributed by atoms with E-state index in [0.717, 1.165) is 41.2 Å². The van der Waals surface area contributed by atoms with Crippen molar-refractivity contribution in [1.29, 1.82) is 0 Å². The minimum Gasteiger partial charge on any atom is -0.339 e. The number of carbonyl (C=O) groups is 2. The van der Waals surface area contributed by atoms with Crippen molar-refractivity contribution in [3.63, 3.8) is 0 Å². The molecule has 190 valence electrons. The Morgan fingerprint density at radius 1 is 1.11 bits per heavy atom. The summed E-state index contributed by atoms with van der Waals surface area (Å²) in [5.41, 5.74) is 3.63. The fourth-order valence-corrected chi connectivity index (χ4v) is 6.55. The Morgan fingerprint density at radius 2 is 1.92 bits per heavy atom. The van der Waals surface area contributed by atoms with Crippen LogP contribution in [0.25, 0.3) is 10.4 Å². The summed E-state index contributed by atoms with van der Waals surface area (Å²) in [6.07, 6.45) is 2.03. The van der Waals surface area contributed by atoms with Crippen molar-refractivity contribution in [3.05, 3.63) is 87.0 Å². The molecule has 6 nitrogen and oxygen atoms in total. The van der Waals surface area contributed by atoms with Gasteiger partial charge in [0.05, 0.1) is 10.6 Å². The third-order valence-electron chi connectivity index (χ3n) is 6.52. The number of carbonyl (C=O) groups excluding carboxylic acids is 2. The van der Waals surface area contributed by atoms with E-state index in [-0.39, 0.29) is 23.5 Å². The summed E-state index contributed by atoms with van der Waals surface area (Å²) in [6, 6.07) is 15.7. The van der Waals surface area contributed by atoms with E-state index in [9.17, 15) is 14.0 Å². The van der Waals surface area contributed by atoms with E-state index < -0.39 is 5.92 Å². The van der Waals surface area contributed by atoms with Crippen LogP contribution in [0.5, 0.6) is 0 Å². The maximum absolute atomic E-state index is 14.2. The number of benzene rings is 2. The van der Waals surface area contributed by atoms with Crippen LogP contribution in [0.15, 0.2) is 60.1 Å². The lowest BCUT2D eigenvalue weighted by molar-refractivity contribution is -0.119. The van der Waals surface area contributed by atoms with Crippen molar-refractivity contribution in [3.8, 4) is 10.4 Å². The SMILES string of the molecule is C[C@@H](C(=O)Nc1nncs1)[C@H](c1cccc(F)c1)c1ccc(-c2ccc(C(=O)N3CCCC3)c(Cl)c2)s1. The number of nitrogens with one attached hydrogen (secondary N) is 1. The van der Waals surface area contributed by atoms with Crippen LogP contribution in [-0.4, -0.2) is 40.0 Å². The van der Waals surface area contributed by atoms with E-state index in [4.69, 9.17) is 11.6 Å². The first-order valence-corrected chi connectivity index (χ1v) is 14.0. The molecule has 3 heterocycles. The number of aromatic nitrogens is 2. The van der Waals surface area contributed by atoms with Gasteiger partial charge in [-0.3, -0.25) is 9.59 Å². The van der Waals surface area contributed by atoms with E-state index >= 15 is 0 Å². The molecule has 2 aromatic carbocycles. The number of hydrogen-bond acceptors (Lipinski definition) is 6. The molecule has 0 bridgehead atoms. The maximum Gasteiger partial charge on any atom is 0.255 e. The van der Waals surface area contributed by atoms with E-state index in [1.807, 2.05) is 42.2 Å². The van der Waals surface area contributed by atoms with E-state index in [1.165, 1.54) is 34.8 Å². The van der Waals surface area contributed by atoms with E-state index in [2.05, 4.69) is 15.5 Å². The molecule has 37 heavy (non-hydrogen) atoms. The van der Waals surface area contributed by atoms with Crippen molar-refractivity contribution in [2.75, 3.05) is 18.4 Å².